The summed E-state index contributed by atoms with van der Waals surface area (Å²) in [5.41, 5.74) is 0.944. The second-order valence-corrected chi connectivity index (χ2v) is 5.79. The Labute approximate surface area is 144 Å². The van der Waals surface area contributed by atoms with Crippen LogP contribution in [0.2, 0.25) is 0 Å². The zero-order valence-electron chi connectivity index (χ0n) is 12.9. The van der Waals surface area contributed by atoms with E-state index in [9.17, 15) is 14.7 Å². The molecule has 122 valence electrons. The first-order valence-electron chi connectivity index (χ1n) is 7.36. The summed E-state index contributed by atoms with van der Waals surface area (Å²) in [6.45, 7) is 0. The van der Waals surface area contributed by atoms with E-state index in [1.54, 1.807) is 24.3 Å². The number of aliphatic hydroxyl groups is 1. The monoisotopic (exact) mass is 342 g/mol. The van der Waals surface area contributed by atoms with Crippen LogP contribution in [0.5, 0.6) is 0 Å². The maximum Gasteiger partial charge on any atom is 0.200 e. The Bertz CT molecular complexity index is 942. The maximum atomic E-state index is 12.9. The molecule has 2 aromatic carbocycles. The van der Waals surface area contributed by atoms with E-state index in [2.05, 4.69) is 0 Å². The lowest BCUT2D eigenvalue weighted by Crippen LogP contribution is -2.42. The highest BCUT2D eigenvalue weighted by atomic mass is 35.5. The molecule has 2 aromatic rings. The molecule has 0 fully saturated rings. The second kappa shape index (κ2) is 5.67. The van der Waals surface area contributed by atoms with E-state index in [1.807, 2.05) is 24.3 Å². The number of Topliss-reactive ketones (excluding diaryl/α,β-unsaturated/α-hetero) is 2. The Morgan fingerprint density at radius 3 is 2.21 bits per heavy atom. The van der Waals surface area contributed by atoms with Crippen LogP contribution in [-0.2, 0) is 4.74 Å². The summed E-state index contributed by atoms with van der Waals surface area (Å²) < 4.78 is 5.14. The van der Waals surface area contributed by atoms with E-state index in [1.165, 1.54) is 7.11 Å². The van der Waals surface area contributed by atoms with Crippen LogP contribution in [0.3, 0.4) is 0 Å². The molecule has 1 unspecified atom stereocenters. The van der Waals surface area contributed by atoms with Crippen molar-refractivity contribution in [3.05, 3.63) is 70.8 Å². The molecule has 0 saturated carbocycles. The average Bonchev–Trinajstić information content (AvgIpc) is 2.58. The zero-order chi connectivity index (χ0) is 16.2. The summed E-state index contributed by atoms with van der Waals surface area (Å²) in [5, 5.41) is 12.4. The number of carbonyl (C=O) groups is 2. The second-order valence-electron chi connectivity index (χ2n) is 5.79. The first-order valence-corrected chi connectivity index (χ1v) is 7.36. The fraction of sp³-hybridized carbons (Fsp3) is 0.158. The largest absolute Gasteiger partial charge is 0.361 e. The number of carbonyl (C=O) groups excluding carboxylic acids is 2. The molecule has 0 spiro atoms. The molecule has 5 heteroatoms. The topological polar surface area (TPSA) is 63.6 Å². The molecule has 0 heterocycles. The van der Waals surface area contributed by atoms with Crippen molar-refractivity contribution < 1.29 is 19.4 Å². The van der Waals surface area contributed by atoms with E-state index < -0.39 is 5.79 Å². The van der Waals surface area contributed by atoms with Gasteiger partial charge >= 0.3 is 0 Å². The number of allylic oxidation sites excluding steroid dienone is 2. The predicted octanol–water partition coefficient (Wildman–Crippen LogP) is 3.23. The highest BCUT2D eigenvalue weighted by Gasteiger charge is 2.44. The minimum atomic E-state index is -1.75. The van der Waals surface area contributed by atoms with Gasteiger partial charge in [-0.05, 0) is 22.9 Å². The molecular formula is C19H15ClO4. The molecule has 4 rings (SSSR count). The summed E-state index contributed by atoms with van der Waals surface area (Å²) in [6.07, 6.45) is 3.39. The predicted molar refractivity (Wildman–Crippen MR) is 92.6 cm³/mol. The minimum Gasteiger partial charge on any atom is -0.361 e. The molecule has 4 nitrogen and oxygen atoms in total. The molecule has 2 aliphatic rings. The molecule has 0 aromatic heterocycles. The van der Waals surface area contributed by atoms with Gasteiger partial charge in [0.15, 0.2) is 17.4 Å². The van der Waals surface area contributed by atoms with Gasteiger partial charge in [-0.25, -0.2) is 0 Å². The Hall–Kier alpha value is -2.27. The third kappa shape index (κ3) is 2.15. The Balaban J connectivity index is 0.00000169. The molecule has 0 aliphatic heterocycles. The van der Waals surface area contributed by atoms with Gasteiger partial charge in [0.2, 0.25) is 0 Å². The number of benzene rings is 2. The number of halogens is 1. The number of ether oxygens (including phenoxy) is 1. The van der Waals surface area contributed by atoms with Crippen LogP contribution in [0, 0.1) is 0 Å². The van der Waals surface area contributed by atoms with Gasteiger partial charge in [-0.15, -0.1) is 12.4 Å². The van der Waals surface area contributed by atoms with Crippen LogP contribution in [0.4, 0.5) is 0 Å². The highest BCUT2D eigenvalue weighted by Crippen LogP contribution is 2.39. The third-order valence-electron chi connectivity index (χ3n) is 4.52. The third-order valence-corrected chi connectivity index (χ3v) is 4.52. The molecule has 0 amide bonds. The molecule has 1 atom stereocenters. The summed E-state index contributed by atoms with van der Waals surface area (Å²) in [4.78, 5) is 25.7. The van der Waals surface area contributed by atoms with E-state index >= 15 is 0 Å². The van der Waals surface area contributed by atoms with Crippen LogP contribution in [0.25, 0.3) is 10.8 Å². The molecule has 0 radical (unpaired) electrons. The van der Waals surface area contributed by atoms with Crippen molar-refractivity contribution in [1.29, 1.82) is 0 Å². The van der Waals surface area contributed by atoms with Gasteiger partial charge in [-0.1, -0.05) is 36.4 Å². The minimum absolute atomic E-state index is 0. The molecule has 0 bridgehead atoms. The van der Waals surface area contributed by atoms with Crippen molar-refractivity contribution in [2.45, 2.75) is 12.2 Å². The van der Waals surface area contributed by atoms with E-state index in [4.69, 9.17) is 4.74 Å². The Morgan fingerprint density at radius 2 is 1.62 bits per heavy atom. The Kier molecular flexibility index (Phi) is 3.92. The smallest absolute Gasteiger partial charge is 0.200 e. The maximum absolute atomic E-state index is 12.9. The van der Waals surface area contributed by atoms with Crippen LogP contribution in [-0.4, -0.2) is 29.6 Å². The average molecular weight is 343 g/mol. The van der Waals surface area contributed by atoms with Crippen molar-refractivity contribution in [1.82, 2.24) is 0 Å². The zero-order valence-corrected chi connectivity index (χ0v) is 13.7. The standard InChI is InChI=1S/C19H14O4.ClH/c1-23-19(22)8-4-7-13-16(19)18(21)15-10-12-6-3-2-5-11(12)9-14(15)17(13)20;/h2-7,9-10,22H,8H2,1H3;1H. The summed E-state index contributed by atoms with van der Waals surface area (Å²) >= 11 is 0. The van der Waals surface area contributed by atoms with Crippen LogP contribution in [0.15, 0.2) is 59.7 Å². The van der Waals surface area contributed by atoms with Crippen LogP contribution < -0.4 is 0 Å². The normalized spacial score (nSPS) is 22.2. The van der Waals surface area contributed by atoms with Gasteiger partial charge in [0.05, 0.1) is 5.57 Å². The fourth-order valence-corrected chi connectivity index (χ4v) is 3.30. The van der Waals surface area contributed by atoms with E-state index in [-0.39, 0.29) is 41.5 Å². The quantitative estimate of drug-likeness (QED) is 0.808. The van der Waals surface area contributed by atoms with Crippen LogP contribution in [0.1, 0.15) is 27.1 Å². The first kappa shape index (κ1) is 16.6. The van der Waals surface area contributed by atoms with Gasteiger partial charge in [0.1, 0.15) is 0 Å². The molecule has 1 N–H and O–H groups in total. The lowest BCUT2D eigenvalue weighted by molar-refractivity contribution is -0.150. The number of rotatable bonds is 1. The summed E-state index contributed by atoms with van der Waals surface area (Å²) in [5.74, 6) is -2.36. The molecule has 0 saturated heterocycles. The Morgan fingerprint density at radius 1 is 1.04 bits per heavy atom. The van der Waals surface area contributed by atoms with Crippen molar-refractivity contribution in [3.63, 3.8) is 0 Å². The summed E-state index contributed by atoms with van der Waals surface area (Å²) in [7, 11) is 1.33. The summed E-state index contributed by atoms with van der Waals surface area (Å²) in [6, 6.07) is 11.0. The molecule has 2 aliphatic carbocycles. The van der Waals surface area contributed by atoms with Gasteiger partial charge < -0.3 is 9.84 Å². The molecule has 24 heavy (non-hydrogen) atoms. The van der Waals surface area contributed by atoms with Gasteiger partial charge in [0.25, 0.3) is 0 Å². The SMILES string of the molecule is COC1(O)CC=CC2=C1C(=O)c1cc3ccccc3cc1C2=O.Cl. The van der Waals surface area contributed by atoms with Crippen molar-refractivity contribution in [2.75, 3.05) is 7.11 Å². The lowest BCUT2D eigenvalue weighted by atomic mass is 9.76. The van der Waals surface area contributed by atoms with E-state index in [0.717, 1.165) is 10.8 Å². The molecular weight excluding hydrogens is 328 g/mol. The highest BCUT2D eigenvalue weighted by molar-refractivity contribution is 6.29. The number of ketones is 2. The van der Waals surface area contributed by atoms with Crippen molar-refractivity contribution >= 4 is 34.7 Å². The van der Waals surface area contributed by atoms with Crippen LogP contribution >= 0.6 is 12.4 Å². The fourth-order valence-electron chi connectivity index (χ4n) is 3.30. The number of methoxy groups -OCH3 is 1. The number of fused-ring (bicyclic) bond motifs is 2. The van der Waals surface area contributed by atoms with E-state index in [0.29, 0.717) is 11.1 Å². The van der Waals surface area contributed by atoms with Crippen molar-refractivity contribution in [2.24, 2.45) is 0 Å². The number of hydrogen-bond acceptors (Lipinski definition) is 4. The van der Waals surface area contributed by atoms with Crippen molar-refractivity contribution in [3.8, 4) is 0 Å². The first-order chi connectivity index (χ1) is 11.0. The lowest BCUT2D eigenvalue weighted by Gasteiger charge is -2.34. The van der Waals surface area contributed by atoms with Gasteiger partial charge in [-0.2, -0.15) is 0 Å². The van der Waals surface area contributed by atoms with Gasteiger partial charge in [0, 0.05) is 30.2 Å². The van der Waals surface area contributed by atoms with Gasteiger partial charge in [-0.3, -0.25) is 9.59 Å². The number of hydrogen-bond donors (Lipinski definition) is 1.